The lowest BCUT2D eigenvalue weighted by Gasteiger charge is -2.14. The van der Waals surface area contributed by atoms with Gasteiger partial charge in [-0.25, -0.2) is 9.97 Å². The Labute approximate surface area is 116 Å². The zero-order valence-electron chi connectivity index (χ0n) is 12.2. The number of aromatic nitrogens is 2. The van der Waals surface area contributed by atoms with Gasteiger partial charge in [-0.15, -0.1) is 0 Å². The van der Waals surface area contributed by atoms with Crippen molar-refractivity contribution < 1.29 is 4.74 Å². The van der Waals surface area contributed by atoms with E-state index in [0.29, 0.717) is 6.61 Å². The highest BCUT2D eigenvalue weighted by Crippen LogP contribution is 2.25. The smallest absolute Gasteiger partial charge is 0.156 e. The fraction of sp³-hybridized carbons (Fsp3) is 0.733. The van der Waals surface area contributed by atoms with Crippen molar-refractivity contribution >= 4 is 5.82 Å². The van der Waals surface area contributed by atoms with Gasteiger partial charge in [-0.3, -0.25) is 0 Å². The number of anilines is 1. The molecule has 0 saturated carbocycles. The topological polar surface area (TPSA) is 47.0 Å². The summed E-state index contributed by atoms with van der Waals surface area (Å²) in [5.74, 6) is 1.86. The maximum absolute atomic E-state index is 5.57. The molecule has 1 N–H and O–H groups in total. The number of nitrogens with one attached hydrogen (secondary N) is 1. The second-order valence-electron chi connectivity index (χ2n) is 5.06. The van der Waals surface area contributed by atoms with Gasteiger partial charge < -0.3 is 10.1 Å². The number of fused-ring (bicyclic) bond motifs is 1. The molecule has 0 atom stereocenters. The summed E-state index contributed by atoms with van der Waals surface area (Å²) in [7, 11) is 0. The van der Waals surface area contributed by atoms with E-state index >= 15 is 0 Å². The fourth-order valence-corrected chi connectivity index (χ4v) is 2.51. The molecule has 0 amide bonds. The summed E-state index contributed by atoms with van der Waals surface area (Å²) in [6.45, 7) is 6.43. The molecule has 0 aliphatic heterocycles. The van der Waals surface area contributed by atoms with Gasteiger partial charge in [-0.2, -0.15) is 0 Å². The SMILES string of the molecule is CCCOCc1nc2c(c(NCC)n1)CCCCC2. The molecule has 4 nitrogen and oxygen atoms in total. The molecule has 0 radical (unpaired) electrons. The van der Waals surface area contributed by atoms with E-state index in [0.717, 1.165) is 44.1 Å². The molecule has 0 bridgehead atoms. The van der Waals surface area contributed by atoms with Crippen LogP contribution in [0.15, 0.2) is 0 Å². The number of hydrogen-bond acceptors (Lipinski definition) is 4. The van der Waals surface area contributed by atoms with Crippen molar-refractivity contribution in [3.05, 3.63) is 17.1 Å². The Balaban J connectivity index is 2.21. The van der Waals surface area contributed by atoms with Crippen molar-refractivity contribution in [2.45, 2.75) is 59.0 Å². The maximum Gasteiger partial charge on any atom is 0.156 e. The lowest BCUT2D eigenvalue weighted by Crippen LogP contribution is -2.12. The third kappa shape index (κ3) is 3.90. The molecular formula is C15H25N3O. The van der Waals surface area contributed by atoms with Gasteiger partial charge in [0.2, 0.25) is 0 Å². The second-order valence-corrected chi connectivity index (χ2v) is 5.06. The van der Waals surface area contributed by atoms with Crippen LogP contribution in [-0.4, -0.2) is 23.1 Å². The van der Waals surface area contributed by atoms with Crippen molar-refractivity contribution in [3.63, 3.8) is 0 Å². The molecule has 1 heterocycles. The molecule has 4 heteroatoms. The summed E-state index contributed by atoms with van der Waals surface area (Å²) in [6.07, 6.45) is 7.00. The highest BCUT2D eigenvalue weighted by Gasteiger charge is 2.16. The molecular weight excluding hydrogens is 238 g/mol. The Morgan fingerprint density at radius 2 is 1.95 bits per heavy atom. The first-order chi connectivity index (χ1) is 9.35. The summed E-state index contributed by atoms with van der Waals surface area (Å²) < 4.78 is 5.57. The average molecular weight is 263 g/mol. The van der Waals surface area contributed by atoms with Crippen LogP contribution in [0, 0.1) is 0 Å². The first kappa shape index (κ1) is 14.3. The molecule has 1 aliphatic carbocycles. The van der Waals surface area contributed by atoms with Gasteiger partial charge in [-0.1, -0.05) is 13.3 Å². The van der Waals surface area contributed by atoms with Gasteiger partial charge in [0.1, 0.15) is 12.4 Å². The van der Waals surface area contributed by atoms with Crippen molar-refractivity contribution in [1.82, 2.24) is 9.97 Å². The second kappa shape index (κ2) is 7.43. The molecule has 0 unspecified atom stereocenters. The fourth-order valence-electron chi connectivity index (χ4n) is 2.51. The third-order valence-corrected chi connectivity index (χ3v) is 3.40. The molecule has 1 aliphatic rings. The normalized spacial score (nSPS) is 14.8. The Hall–Kier alpha value is -1.16. The van der Waals surface area contributed by atoms with Crippen LogP contribution in [0.5, 0.6) is 0 Å². The van der Waals surface area contributed by atoms with Gasteiger partial charge in [0.25, 0.3) is 0 Å². The van der Waals surface area contributed by atoms with Crippen LogP contribution < -0.4 is 5.32 Å². The van der Waals surface area contributed by atoms with Crippen LogP contribution >= 0.6 is 0 Å². The van der Waals surface area contributed by atoms with Gasteiger partial charge >= 0.3 is 0 Å². The van der Waals surface area contributed by atoms with Gasteiger partial charge in [-0.05, 0) is 39.0 Å². The molecule has 19 heavy (non-hydrogen) atoms. The minimum absolute atomic E-state index is 0.527. The average Bonchev–Trinajstić information content (AvgIpc) is 2.65. The van der Waals surface area contributed by atoms with Crippen LogP contribution in [0.2, 0.25) is 0 Å². The molecule has 1 aromatic rings. The van der Waals surface area contributed by atoms with Crippen molar-refractivity contribution in [1.29, 1.82) is 0 Å². The van der Waals surface area contributed by atoms with Crippen LogP contribution in [-0.2, 0) is 24.2 Å². The van der Waals surface area contributed by atoms with E-state index in [4.69, 9.17) is 9.72 Å². The Bertz CT molecular complexity index is 407. The summed E-state index contributed by atoms with van der Waals surface area (Å²) in [4.78, 5) is 9.35. The summed E-state index contributed by atoms with van der Waals surface area (Å²) in [5, 5.41) is 3.39. The molecule has 106 valence electrons. The first-order valence-electron chi connectivity index (χ1n) is 7.55. The minimum atomic E-state index is 0.527. The van der Waals surface area contributed by atoms with E-state index in [1.807, 2.05) is 0 Å². The summed E-state index contributed by atoms with van der Waals surface area (Å²) in [6, 6.07) is 0. The molecule has 2 rings (SSSR count). The van der Waals surface area contributed by atoms with E-state index in [-0.39, 0.29) is 0 Å². The highest BCUT2D eigenvalue weighted by atomic mass is 16.5. The number of hydrogen-bond donors (Lipinski definition) is 1. The molecule has 0 saturated heterocycles. The van der Waals surface area contributed by atoms with Crippen LogP contribution in [0.1, 0.15) is 56.6 Å². The third-order valence-electron chi connectivity index (χ3n) is 3.40. The van der Waals surface area contributed by atoms with Gasteiger partial charge in [0.05, 0.1) is 0 Å². The number of rotatable bonds is 6. The molecule has 0 aromatic carbocycles. The van der Waals surface area contributed by atoms with E-state index < -0.39 is 0 Å². The first-order valence-corrected chi connectivity index (χ1v) is 7.55. The summed E-state index contributed by atoms with van der Waals surface area (Å²) in [5.41, 5.74) is 2.57. The quantitative estimate of drug-likeness (QED) is 0.633. The lowest BCUT2D eigenvalue weighted by atomic mass is 10.1. The Kier molecular flexibility index (Phi) is 5.58. The molecule has 0 fully saturated rings. The number of ether oxygens (including phenoxy) is 1. The molecule has 0 spiro atoms. The molecule has 1 aromatic heterocycles. The van der Waals surface area contributed by atoms with Gasteiger partial charge in [0, 0.05) is 24.4 Å². The van der Waals surface area contributed by atoms with Crippen molar-refractivity contribution in [2.24, 2.45) is 0 Å². The lowest BCUT2D eigenvalue weighted by molar-refractivity contribution is 0.116. The van der Waals surface area contributed by atoms with Crippen molar-refractivity contribution in [3.8, 4) is 0 Å². The predicted molar refractivity (Wildman–Crippen MR) is 77.4 cm³/mol. The monoisotopic (exact) mass is 263 g/mol. The van der Waals surface area contributed by atoms with Gasteiger partial charge in [0.15, 0.2) is 5.82 Å². The maximum atomic E-state index is 5.57. The largest absolute Gasteiger partial charge is 0.373 e. The zero-order chi connectivity index (χ0) is 13.5. The van der Waals surface area contributed by atoms with E-state index in [2.05, 4.69) is 24.1 Å². The van der Waals surface area contributed by atoms with Crippen LogP contribution in [0.4, 0.5) is 5.82 Å². The van der Waals surface area contributed by atoms with E-state index in [9.17, 15) is 0 Å². The Morgan fingerprint density at radius 3 is 2.74 bits per heavy atom. The van der Waals surface area contributed by atoms with Crippen LogP contribution in [0.3, 0.4) is 0 Å². The van der Waals surface area contributed by atoms with E-state index in [1.54, 1.807) is 0 Å². The number of aryl methyl sites for hydroxylation is 1. The standard InChI is InChI=1S/C15H25N3O/c1-3-10-19-11-14-17-13-9-7-5-6-8-12(13)15(18-14)16-4-2/h3-11H2,1-2H3,(H,16,17,18). The zero-order valence-corrected chi connectivity index (χ0v) is 12.2. The summed E-state index contributed by atoms with van der Waals surface area (Å²) >= 11 is 0. The number of nitrogens with zero attached hydrogens (tertiary/aromatic N) is 2. The van der Waals surface area contributed by atoms with Crippen LogP contribution in [0.25, 0.3) is 0 Å². The minimum Gasteiger partial charge on any atom is -0.373 e. The highest BCUT2D eigenvalue weighted by molar-refractivity contribution is 5.47. The van der Waals surface area contributed by atoms with Crippen molar-refractivity contribution in [2.75, 3.05) is 18.5 Å². The Morgan fingerprint density at radius 1 is 1.11 bits per heavy atom. The predicted octanol–water partition coefficient (Wildman–Crippen LogP) is 3.10. The van der Waals surface area contributed by atoms with E-state index in [1.165, 1.54) is 30.5 Å².